The third-order valence-electron chi connectivity index (χ3n) is 2.37. The van der Waals surface area contributed by atoms with Crippen LogP contribution in [-0.2, 0) is 12.7 Å². The molecule has 0 amide bonds. The number of benzene rings is 2. The van der Waals surface area contributed by atoms with Crippen LogP contribution in [0.15, 0.2) is 60.7 Å². The maximum absolute atomic E-state index is 7.20. The molecule has 0 unspecified atom stereocenters. The van der Waals surface area contributed by atoms with Crippen molar-refractivity contribution in [2.24, 2.45) is 0 Å². The van der Waals surface area contributed by atoms with Gasteiger partial charge in [0.2, 0.25) is 0 Å². The second kappa shape index (κ2) is 10.3. The molecule has 0 atom stereocenters. The Labute approximate surface area is 130 Å². The van der Waals surface area contributed by atoms with Crippen molar-refractivity contribution < 1.29 is 12.7 Å². The van der Waals surface area contributed by atoms with Crippen molar-refractivity contribution in [3.63, 3.8) is 0 Å². The van der Waals surface area contributed by atoms with Gasteiger partial charge in [-0.05, 0) is 24.7 Å². The summed E-state index contributed by atoms with van der Waals surface area (Å²) in [6.45, 7) is 0. The molecule has 0 spiro atoms. The van der Waals surface area contributed by atoms with Crippen molar-refractivity contribution in [1.29, 1.82) is 0 Å². The average Bonchev–Trinajstić information content (AvgIpc) is 2.47. The summed E-state index contributed by atoms with van der Waals surface area (Å²) in [6.07, 6.45) is 7.90. The molecule has 0 bridgehead atoms. The van der Waals surface area contributed by atoms with Crippen LogP contribution in [0.5, 0.6) is 0 Å². The van der Waals surface area contributed by atoms with Crippen molar-refractivity contribution in [3.8, 4) is 5.92 Å². The van der Waals surface area contributed by atoms with Gasteiger partial charge < -0.3 is 12.3 Å². The van der Waals surface area contributed by atoms with Gasteiger partial charge >= 0.3 is 33.0 Å². The molecular weight excluding hydrogens is 341 g/mol. The minimum absolute atomic E-state index is 0.450. The maximum atomic E-state index is 7.20. The van der Waals surface area contributed by atoms with E-state index in [1.165, 1.54) is 10.6 Å². The fraction of sp³-hybridized carbons (Fsp3) is 0.0667. The van der Waals surface area contributed by atoms with Crippen LogP contribution in [0.1, 0.15) is 0 Å². The Balaban J connectivity index is 0.000000550. The Morgan fingerprint density at radius 3 is 1.58 bits per heavy atom. The molecular formula is C15H12Cl2NiP. The summed E-state index contributed by atoms with van der Waals surface area (Å²) in [6, 6.07) is 20.8. The average molecular weight is 353 g/mol. The summed E-state index contributed by atoms with van der Waals surface area (Å²) in [7, 11) is 8.95. The molecule has 0 N–H and O–H groups in total. The van der Waals surface area contributed by atoms with Gasteiger partial charge in [-0.3, -0.25) is 0 Å². The third-order valence-corrected chi connectivity index (χ3v) is 4.69. The first-order valence-corrected chi connectivity index (χ1v) is 9.67. The van der Waals surface area contributed by atoms with E-state index < -0.39 is 7.92 Å². The Kier molecular flexibility index (Phi) is 8.98. The number of hydrogen-bond acceptors (Lipinski definition) is 0. The predicted octanol–water partition coefficient (Wildman–Crippen LogP) is 4.09. The van der Waals surface area contributed by atoms with E-state index in [1.807, 2.05) is 12.1 Å². The van der Waals surface area contributed by atoms with Crippen LogP contribution < -0.4 is 10.6 Å². The van der Waals surface area contributed by atoms with E-state index in [4.69, 9.17) is 26.8 Å². The molecule has 101 valence electrons. The molecule has 2 aromatic carbocycles. The molecule has 0 aliphatic heterocycles. The fourth-order valence-corrected chi connectivity index (χ4v) is 3.51. The molecule has 2 aromatic rings. The van der Waals surface area contributed by atoms with Crippen LogP contribution in [0.25, 0.3) is 0 Å². The molecule has 0 aliphatic carbocycles. The summed E-state index contributed by atoms with van der Waals surface area (Å²) in [5.74, 6) is 2.54. The summed E-state index contributed by atoms with van der Waals surface area (Å²) < 4.78 is 0. The van der Waals surface area contributed by atoms with Gasteiger partial charge in [-0.25, -0.2) is 0 Å². The van der Waals surface area contributed by atoms with E-state index in [1.54, 1.807) is 0 Å². The second-order valence-electron chi connectivity index (χ2n) is 3.48. The van der Waals surface area contributed by atoms with Gasteiger partial charge in [0.15, 0.2) is 0 Å². The van der Waals surface area contributed by atoms with Crippen LogP contribution in [0, 0.1) is 12.3 Å². The SMILES string of the molecule is [C-]#CCP(c1ccccc1)c1ccccc1.[Cl][Ni+][Cl]. The Morgan fingerprint density at radius 2 is 1.26 bits per heavy atom. The van der Waals surface area contributed by atoms with Crippen LogP contribution in [0.4, 0.5) is 0 Å². The first-order valence-electron chi connectivity index (χ1n) is 5.43. The molecule has 0 nitrogen and oxygen atoms in total. The summed E-state index contributed by atoms with van der Waals surface area (Å²) in [5, 5.41) is 2.62. The zero-order valence-electron chi connectivity index (χ0n) is 10.00. The topological polar surface area (TPSA) is 0 Å². The van der Waals surface area contributed by atoms with Gasteiger partial charge in [-0.2, -0.15) is 0 Å². The van der Waals surface area contributed by atoms with Gasteiger partial charge in [0.1, 0.15) is 0 Å². The van der Waals surface area contributed by atoms with Gasteiger partial charge in [-0.15, -0.1) is 0 Å². The minimum atomic E-state index is -0.450. The van der Waals surface area contributed by atoms with Gasteiger partial charge in [0.25, 0.3) is 0 Å². The van der Waals surface area contributed by atoms with Crippen LogP contribution >= 0.6 is 28.3 Å². The van der Waals surface area contributed by atoms with E-state index in [9.17, 15) is 0 Å². The van der Waals surface area contributed by atoms with E-state index in [2.05, 4.69) is 54.5 Å². The van der Waals surface area contributed by atoms with Crippen molar-refractivity contribution >= 4 is 38.9 Å². The number of rotatable bonds is 3. The predicted molar refractivity (Wildman–Crippen MR) is 82.8 cm³/mol. The molecule has 0 saturated heterocycles. The van der Waals surface area contributed by atoms with Gasteiger partial charge in [0, 0.05) is 0 Å². The van der Waals surface area contributed by atoms with E-state index in [-0.39, 0.29) is 0 Å². The van der Waals surface area contributed by atoms with Gasteiger partial charge in [0.05, 0.1) is 0 Å². The molecule has 19 heavy (non-hydrogen) atoms. The Morgan fingerprint density at radius 1 is 0.895 bits per heavy atom. The zero-order chi connectivity index (χ0) is 13.9. The summed E-state index contributed by atoms with van der Waals surface area (Å²) in [4.78, 5) is 0. The Bertz CT molecular complexity index is 457. The molecule has 0 saturated carbocycles. The van der Waals surface area contributed by atoms with Crippen molar-refractivity contribution in [2.75, 3.05) is 6.16 Å². The fourth-order valence-electron chi connectivity index (χ4n) is 1.63. The van der Waals surface area contributed by atoms with E-state index in [0.29, 0.717) is 18.8 Å². The van der Waals surface area contributed by atoms with Crippen LogP contribution in [0.3, 0.4) is 0 Å². The molecule has 0 fully saturated rings. The number of halogens is 2. The van der Waals surface area contributed by atoms with Crippen LogP contribution in [-0.4, -0.2) is 6.16 Å². The standard InChI is InChI=1S/C15H12P.2ClH.Ni/c1-2-13-16(14-9-5-3-6-10-14)15-11-7-4-8-12-15;;;/h3-12H,13H2;2*1H;/q-1;;;+3/p-2. The third kappa shape index (κ3) is 5.99. The van der Waals surface area contributed by atoms with E-state index >= 15 is 0 Å². The van der Waals surface area contributed by atoms with Gasteiger partial charge in [-0.1, -0.05) is 60.7 Å². The Hall–Kier alpha value is -0.496. The molecule has 0 radical (unpaired) electrons. The molecule has 0 aromatic heterocycles. The zero-order valence-corrected chi connectivity index (χ0v) is 13.4. The van der Waals surface area contributed by atoms with Crippen molar-refractivity contribution in [3.05, 3.63) is 67.1 Å². The monoisotopic (exact) mass is 351 g/mol. The second-order valence-corrected chi connectivity index (χ2v) is 7.32. The molecule has 2 rings (SSSR count). The molecule has 4 heteroatoms. The molecule has 0 aliphatic rings. The normalized spacial score (nSPS) is 9.58. The molecule has 0 heterocycles. The number of hydrogen-bond donors (Lipinski definition) is 0. The van der Waals surface area contributed by atoms with Crippen molar-refractivity contribution in [2.45, 2.75) is 0 Å². The summed E-state index contributed by atoms with van der Waals surface area (Å²) in [5.41, 5.74) is 0. The summed E-state index contributed by atoms with van der Waals surface area (Å²) >= 11 is 0.569. The quantitative estimate of drug-likeness (QED) is 0.338. The first kappa shape index (κ1) is 16.6. The van der Waals surface area contributed by atoms with Crippen LogP contribution in [0.2, 0.25) is 0 Å². The van der Waals surface area contributed by atoms with E-state index in [0.717, 1.165) is 0 Å². The first-order chi connectivity index (χ1) is 9.33. The van der Waals surface area contributed by atoms with Crippen molar-refractivity contribution in [1.82, 2.24) is 0 Å².